The number of rotatable bonds is 2. The van der Waals surface area contributed by atoms with Crippen LogP contribution in [0.15, 0.2) is 6.20 Å². The Morgan fingerprint density at radius 1 is 1.58 bits per heavy atom. The first-order valence-electron chi connectivity index (χ1n) is 2.86. The lowest BCUT2D eigenvalue weighted by Crippen LogP contribution is -2.16. The minimum absolute atomic E-state index is 0.00764. The molecular formula is C5H5Cl2N3O2. The van der Waals surface area contributed by atoms with Crippen molar-refractivity contribution in [2.24, 2.45) is 0 Å². The van der Waals surface area contributed by atoms with E-state index in [0.717, 1.165) is 0 Å². The van der Waals surface area contributed by atoms with Crippen LogP contribution in [0.3, 0.4) is 0 Å². The first kappa shape index (κ1) is 9.47. The average Bonchev–Trinajstić information content (AvgIpc) is 2.03. The van der Waals surface area contributed by atoms with Crippen LogP contribution in [0.25, 0.3) is 0 Å². The van der Waals surface area contributed by atoms with Crippen molar-refractivity contribution in [1.29, 1.82) is 0 Å². The van der Waals surface area contributed by atoms with Crippen LogP contribution >= 0.6 is 23.2 Å². The van der Waals surface area contributed by atoms with Crippen molar-refractivity contribution in [1.82, 2.24) is 9.97 Å². The summed E-state index contributed by atoms with van der Waals surface area (Å²) in [5.74, 6) is 0. The molecule has 0 saturated carbocycles. The van der Waals surface area contributed by atoms with Crippen LogP contribution in [0.5, 0.6) is 0 Å². The van der Waals surface area contributed by atoms with Crippen molar-refractivity contribution >= 4 is 28.9 Å². The quantitative estimate of drug-likeness (QED) is 0.455. The highest BCUT2D eigenvalue weighted by atomic mass is 35.5. The van der Waals surface area contributed by atoms with Crippen molar-refractivity contribution in [3.05, 3.63) is 16.6 Å². The van der Waals surface area contributed by atoms with Crippen LogP contribution < -0.4 is 5.23 Å². The topological polar surface area (TPSA) is 58.5 Å². The lowest BCUT2D eigenvalue weighted by atomic mass is 10.6. The Hall–Kier alpha value is -0.620. The Labute approximate surface area is 78.4 Å². The molecule has 1 aromatic heterocycles. The van der Waals surface area contributed by atoms with Crippen molar-refractivity contribution in [2.45, 2.75) is 0 Å². The van der Waals surface area contributed by atoms with Crippen LogP contribution in [0.2, 0.25) is 10.4 Å². The maximum atomic E-state index is 9.00. The molecule has 0 spiro atoms. The van der Waals surface area contributed by atoms with Gasteiger partial charge in [0.25, 0.3) is 0 Å². The number of anilines is 1. The van der Waals surface area contributed by atoms with Crippen LogP contribution in [-0.4, -0.2) is 22.3 Å². The second-order valence-electron chi connectivity index (χ2n) is 1.77. The molecule has 0 bridgehead atoms. The van der Waals surface area contributed by atoms with Gasteiger partial charge in [-0.3, -0.25) is 10.0 Å². The Balaban J connectivity index is 3.01. The zero-order valence-corrected chi connectivity index (χ0v) is 7.54. The van der Waals surface area contributed by atoms with Crippen LogP contribution in [0, 0.1) is 0 Å². The molecule has 0 amide bonds. The Kier molecular flexibility index (Phi) is 3.05. The summed E-state index contributed by atoms with van der Waals surface area (Å²) in [6.07, 6.45) is 1.24. The number of hydrogen-bond acceptors (Lipinski definition) is 5. The predicted octanol–water partition coefficient (Wildman–Crippen LogP) is 1.54. The minimum atomic E-state index is 0.00764. The maximum Gasteiger partial charge on any atom is 0.223 e. The van der Waals surface area contributed by atoms with Gasteiger partial charge in [0.1, 0.15) is 0 Å². The van der Waals surface area contributed by atoms with Gasteiger partial charge in [-0.25, -0.2) is 9.97 Å². The predicted molar refractivity (Wildman–Crippen MR) is 43.3 cm³/mol. The number of aromatic nitrogens is 2. The molecule has 0 unspecified atom stereocenters. The van der Waals surface area contributed by atoms with E-state index in [2.05, 4.69) is 14.8 Å². The first-order chi connectivity index (χ1) is 5.65. The molecule has 1 N–H and O–H groups in total. The van der Waals surface area contributed by atoms with Gasteiger partial charge >= 0.3 is 0 Å². The normalized spacial score (nSPS) is 10.0. The summed E-state index contributed by atoms with van der Waals surface area (Å²) in [4.78, 5) is 11.6. The molecule has 0 atom stereocenters. The van der Waals surface area contributed by atoms with E-state index in [4.69, 9.17) is 28.4 Å². The van der Waals surface area contributed by atoms with Gasteiger partial charge in [-0.2, -0.15) is 0 Å². The van der Waals surface area contributed by atoms with Crippen molar-refractivity contribution in [3.63, 3.8) is 0 Å². The van der Waals surface area contributed by atoms with Gasteiger partial charge in [0, 0.05) is 0 Å². The monoisotopic (exact) mass is 209 g/mol. The van der Waals surface area contributed by atoms with E-state index in [1.54, 1.807) is 0 Å². The fourth-order valence-electron chi connectivity index (χ4n) is 0.561. The average molecular weight is 210 g/mol. The number of nitrogens with zero attached hydrogens (tertiary/aromatic N) is 3. The zero-order valence-electron chi connectivity index (χ0n) is 6.03. The molecule has 0 aliphatic rings. The fourth-order valence-corrected chi connectivity index (χ4v) is 0.939. The van der Waals surface area contributed by atoms with E-state index in [1.165, 1.54) is 13.3 Å². The van der Waals surface area contributed by atoms with Gasteiger partial charge in [0.05, 0.1) is 13.3 Å². The van der Waals surface area contributed by atoms with Crippen molar-refractivity contribution in [3.8, 4) is 0 Å². The van der Waals surface area contributed by atoms with Gasteiger partial charge in [-0.1, -0.05) is 11.6 Å². The molecule has 1 heterocycles. The molecule has 66 valence electrons. The third-order valence-corrected chi connectivity index (χ3v) is 1.53. The van der Waals surface area contributed by atoms with E-state index < -0.39 is 0 Å². The second-order valence-corrected chi connectivity index (χ2v) is 2.47. The highest BCUT2D eigenvalue weighted by molar-refractivity contribution is 6.33. The molecule has 1 rings (SSSR count). The summed E-state index contributed by atoms with van der Waals surface area (Å²) < 4.78 is 0. The lowest BCUT2D eigenvalue weighted by molar-refractivity contribution is -0.0112. The second kappa shape index (κ2) is 3.86. The van der Waals surface area contributed by atoms with Crippen molar-refractivity contribution in [2.75, 3.05) is 12.3 Å². The van der Waals surface area contributed by atoms with E-state index in [0.29, 0.717) is 5.23 Å². The SMILES string of the molecule is CON(O)c1cnc(Cl)nc1Cl. The number of hydrogen-bond donors (Lipinski definition) is 1. The highest BCUT2D eigenvalue weighted by Crippen LogP contribution is 2.22. The fraction of sp³-hybridized carbons (Fsp3) is 0.200. The van der Waals surface area contributed by atoms with Gasteiger partial charge in [-0.05, 0) is 11.6 Å². The van der Waals surface area contributed by atoms with Gasteiger partial charge < -0.3 is 0 Å². The molecule has 0 aliphatic carbocycles. The molecular weight excluding hydrogens is 205 g/mol. The van der Waals surface area contributed by atoms with Gasteiger partial charge in [0.15, 0.2) is 10.8 Å². The summed E-state index contributed by atoms with van der Waals surface area (Å²) in [7, 11) is 1.27. The van der Waals surface area contributed by atoms with E-state index in [9.17, 15) is 0 Å². The van der Waals surface area contributed by atoms with Crippen LogP contribution in [-0.2, 0) is 4.84 Å². The lowest BCUT2D eigenvalue weighted by Gasteiger charge is -2.12. The molecule has 0 saturated heterocycles. The van der Waals surface area contributed by atoms with Crippen LogP contribution in [0.1, 0.15) is 0 Å². The smallest absolute Gasteiger partial charge is 0.223 e. The van der Waals surface area contributed by atoms with E-state index in [-0.39, 0.29) is 16.1 Å². The van der Waals surface area contributed by atoms with E-state index in [1.807, 2.05) is 0 Å². The Morgan fingerprint density at radius 2 is 2.25 bits per heavy atom. The van der Waals surface area contributed by atoms with E-state index >= 15 is 0 Å². The maximum absolute atomic E-state index is 9.00. The largest absolute Gasteiger partial charge is 0.264 e. The van der Waals surface area contributed by atoms with Crippen molar-refractivity contribution < 1.29 is 10.0 Å². The third-order valence-electron chi connectivity index (χ3n) is 1.07. The molecule has 1 aromatic rings. The molecule has 0 aliphatic heterocycles. The van der Waals surface area contributed by atoms with Gasteiger partial charge in [-0.15, -0.1) is 5.23 Å². The first-order valence-corrected chi connectivity index (χ1v) is 3.62. The summed E-state index contributed by atoms with van der Waals surface area (Å²) in [5, 5.41) is 9.47. The zero-order chi connectivity index (χ0) is 9.14. The summed E-state index contributed by atoms with van der Waals surface area (Å²) >= 11 is 11.0. The minimum Gasteiger partial charge on any atom is -0.264 e. The molecule has 0 radical (unpaired) electrons. The molecule has 0 aromatic carbocycles. The molecule has 12 heavy (non-hydrogen) atoms. The summed E-state index contributed by atoms with van der Waals surface area (Å²) in [6.45, 7) is 0. The Morgan fingerprint density at radius 3 is 2.75 bits per heavy atom. The summed E-state index contributed by atoms with van der Waals surface area (Å²) in [6, 6.07) is 0. The third kappa shape index (κ3) is 1.95. The highest BCUT2D eigenvalue weighted by Gasteiger charge is 2.09. The Bertz CT molecular complexity index is 283. The molecule has 5 nitrogen and oxygen atoms in total. The van der Waals surface area contributed by atoms with Gasteiger partial charge in [0.2, 0.25) is 5.28 Å². The van der Waals surface area contributed by atoms with Crippen LogP contribution in [0.4, 0.5) is 5.69 Å². The standard InChI is InChI=1S/C5H5Cl2N3O2/c1-12-10(11)3-2-8-5(7)9-4(3)6/h2,11H,1H3. The molecule has 7 heteroatoms. The number of halogens is 2. The summed E-state index contributed by atoms with van der Waals surface area (Å²) in [5.41, 5.74) is 0.128. The molecule has 0 fully saturated rings.